The Bertz CT molecular complexity index is 86.9. The normalized spacial score (nSPS) is 12.6. The molecule has 0 aliphatic carbocycles. The van der Waals surface area contributed by atoms with Crippen molar-refractivity contribution >= 4 is 0 Å². The Labute approximate surface area is 48.8 Å². The second-order valence-corrected chi connectivity index (χ2v) is 1.34. The second kappa shape index (κ2) is 4.57. The third-order valence-electron chi connectivity index (χ3n) is 0.618. The maximum atomic E-state index is 8.13. The van der Waals surface area contributed by atoms with Crippen LogP contribution >= 0.6 is 0 Å². The molecule has 1 unspecified atom stereocenters. The molecule has 0 aromatic heterocycles. The molecule has 8 heavy (non-hydrogen) atoms. The van der Waals surface area contributed by atoms with E-state index in [9.17, 15) is 0 Å². The lowest BCUT2D eigenvalue weighted by molar-refractivity contribution is -0.0471. The van der Waals surface area contributed by atoms with Gasteiger partial charge >= 0.3 is 0 Å². The van der Waals surface area contributed by atoms with Gasteiger partial charge in [-0.1, -0.05) is 0 Å². The van der Waals surface area contributed by atoms with Crippen LogP contribution < -0.4 is 0 Å². The smallest absolute Gasteiger partial charge is 0.148 e. The van der Waals surface area contributed by atoms with Gasteiger partial charge in [-0.2, -0.15) is 5.26 Å². The minimum atomic E-state index is -0.366. The van der Waals surface area contributed by atoms with Crippen LogP contribution in [0.15, 0.2) is 0 Å². The molecule has 1 atom stereocenters. The summed E-state index contributed by atoms with van der Waals surface area (Å²) >= 11 is 0. The Kier molecular flexibility index (Phi) is 4.23. The second-order valence-electron chi connectivity index (χ2n) is 1.34. The quantitative estimate of drug-likeness (QED) is 0.503. The van der Waals surface area contributed by atoms with Crippen LogP contribution in [-0.4, -0.2) is 20.0 Å². The summed E-state index contributed by atoms with van der Waals surface area (Å²) in [6.07, 6.45) is -0.366. The van der Waals surface area contributed by atoms with Gasteiger partial charge in [0.1, 0.15) is 12.9 Å². The van der Waals surface area contributed by atoms with Gasteiger partial charge < -0.3 is 9.47 Å². The molecule has 0 rings (SSSR count). The van der Waals surface area contributed by atoms with Crippen molar-refractivity contribution in [3.05, 3.63) is 0 Å². The minimum Gasteiger partial charge on any atom is -0.359 e. The summed E-state index contributed by atoms with van der Waals surface area (Å²) in [5, 5.41) is 8.13. The van der Waals surface area contributed by atoms with E-state index in [0.29, 0.717) is 0 Å². The van der Waals surface area contributed by atoms with Crippen LogP contribution in [-0.2, 0) is 9.47 Å². The molecule has 0 aromatic carbocycles. The van der Waals surface area contributed by atoms with E-state index < -0.39 is 0 Å². The van der Waals surface area contributed by atoms with Crippen molar-refractivity contribution in [3.8, 4) is 6.07 Å². The van der Waals surface area contributed by atoms with Crippen LogP contribution in [0.25, 0.3) is 0 Å². The van der Waals surface area contributed by atoms with Gasteiger partial charge in [0.05, 0.1) is 6.07 Å². The van der Waals surface area contributed by atoms with Gasteiger partial charge in [0.25, 0.3) is 0 Å². The van der Waals surface area contributed by atoms with Crippen molar-refractivity contribution in [2.45, 2.75) is 13.0 Å². The van der Waals surface area contributed by atoms with Crippen LogP contribution in [0.4, 0.5) is 0 Å². The molecular formula is C5H9NO2. The number of nitrogens with zero attached hydrogens (tertiary/aromatic N) is 1. The zero-order valence-corrected chi connectivity index (χ0v) is 5.05. The molecule has 0 aromatic rings. The highest BCUT2D eigenvalue weighted by atomic mass is 16.7. The van der Waals surface area contributed by atoms with Gasteiger partial charge in [0.15, 0.2) is 0 Å². The van der Waals surface area contributed by atoms with E-state index in [2.05, 4.69) is 4.74 Å². The van der Waals surface area contributed by atoms with Gasteiger partial charge in [0.2, 0.25) is 0 Å². The molecule has 0 aliphatic heterocycles. The van der Waals surface area contributed by atoms with Crippen LogP contribution in [0.3, 0.4) is 0 Å². The first-order chi connectivity index (χ1) is 3.81. The lowest BCUT2D eigenvalue weighted by Gasteiger charge is -2.00. The van der Waals surface area contributed by atoms with Gasteiger partial charge in [-0.3, -0.25) is 0 Å². The molecule has 0 radical (unpaired) electrons. The summed E-state index contributed by atoms with van der Waals surface area (Å²) in [4.78, 5) is 0. The largest absolute Gasteiger partial charge is 0.359 e. The van der Waals surface area contributed by atoms with Crippen LogP contribution in [0.2, 0.25) is 0 Å². The summed E-state index contributed by atoms with van der Waals surface area (Å²) in [7, 11) is 1.52. The number of methoxy groups -OCH3 is 1. The number of ether oxygens (including phenoxy) is 2. The highest BCUT2D eigenvalue weighted by Gasteiger charge is 1.94. The van der Waals surface area contributed by atoms with Crippen molar-refractivity contribution in [1.82, 2.24) is 0 Å². The zero-order valence-electron chi connectivity index (χ0n) is 5.05. The number of rotatable bonds is 3. The number of hydrogen-bond acceptors (Lipinski definition) is 3. The third-order valence-corrected chi connectivity index (χ3v) is 0.618. The lowest BCUT2D eigenvalue weighted by Crippen LogP contribution is -2.06. The predicted molar refractivity (Wildman–Crippen MR) is 28.0 cm³/mol. The van der Waals surface area contributed by atoms with Crippen molar-refractivity contribution in [2.24, 2.45) is 0 Å². The Morgan fingerprint density at radius 2 is 2.38 bits per heavy atom. The Hall–Kier alpha value is -0.590. The standard InChI is InChI=1S/C5H9NO2/c1-5(3-6)8-4-7-2/h5H,4H2,1-2H3. The maximum absolute atomic E-state index is 8.13. The van der Waals surface area contributed by atoms with E-state index >= 15 is 0 Å². The van der Waals surface area contributed by atoms with Crippen molar-refractivity contribution < 1.29 is 9.47 Å². The summed E-state index contributed by atoms with van der Waals surface area (Å²) in [6.45, 7) is 1.85. The summed E-state index contributed by atoms with van der Waals surface area (Å²) in [5.41, 5.74) is 0. The van der Waals surface area contributed by atoms with Gasteiger partial charge in [-0.05, 0) is 6.92 Å². The van der Waals surface area contributed by atoms with Gasteiger partial charge in [-0.15, -0.1) is 0 Å². The number of hydrogen-bond donors (Lipinski definition) is 0. The van der Waals surface area contributed by atoms with Crippen molar-refractivity contribution in [3.63, 3.8) is 0 Å². The molecule has 3 heteroatoms. The highest BCUT2D eigenvalue weighted by Crippen LogP contribution is 1.85. The Morgan fingerprint density at radius 3 is 2.75 bits per heavy atom. The molecule has 0 saturated carbocycles. The molecule has 0 bridgehead atoms. The topological polar surface area (TPSA) is 42.2 Å². The average molecular weight is 115 g/mol. The van der Waals surface area contributed by atoms with Gasteiger partial charge in [0, 0.05) is 7.11 Å². The van der Waals surface area contributed by atoms with E-state index in [1.807, 2.05) is 6.07 Å². The van der Waals surface area contributed by atoms with E-state index in [4.69, 9.17) is 10.00 Å². The first-order valence-corrected chi connectivity index (χ1v) is 2.31. The number of nitriles is 1. The first kappa shape index (κ1) is 7.41. The van der Waals surface area contributed by atoms with Crippen LogP contribution in [0.5, 0.6) is 0 Å². The molecule has 0 aliphatic rings. The van der Waals surface area contributed by atoms with Crippen LogP contribution in [0, 0.1) is 11.3 Å². The fraction of sp³-hybridized carbons (Fsp3) is 0.800. The highest BCUT2D eigenvalue weighted by molar-refractivity contribution is 4.78. The first-order valence-electron chi connectivity index (χ1n) is 2.31. The lowest BCUT2D eigenvalue weighted by atomic mass is 10.5. The average Bonchev–Trinajstić information content (AvgIpc) is 1.83. The molecule has 0 amide bonds. The van der Waals surface area contributed by atoms with E-state index in [-0.39, 0.29) is 12.9 Å². The Balaban J connectivity index is 3.02. The van der Waals surface area contributed by atoms with Crippen molar-refractivity contribution in [2.75, 3.05) is 13.9 Å². The monoisotopic (exact) mass is 115 g/mol. The fourth-order valence-electron chi connectivity index (χ4n) is 0.207. The summed E-state index contributed by atoms with van der Waals surface area (Å²) < 4.78 is 9.30. The molecule has 0 N–H and O–H groups in total. The van der Waals surface area contributed by atoms with Gasteiger partial charge in [-0.25, -0.2) is 0 Å². The third kappa shape index (κ3) is 3.59. The molecule has 0 spiro atoms. The van der Waals surface area contributed by atoms with Crippen molar-refractivity contribution in [1.29, 1.82) is 5.26 Å². The predicted octanol–water partition coefficient (Wildman–Crippen LogP) is 0.519. The van der Waals surface area contributed by atoms with E-state index in [0.717, 1.165) is 0 Å². The minimum absolute atomic E-state index is 0.189. The Morgan fingerprint density at radius 1 is 1.75 bits per heavy atom. The molecule has 0 saturated heterocycles. The summed E-state index contributed by atoms with van der Waals surface area (Å²) in [6, 6.07) is 1.90. The van der Waals surface area contributed by atoms with E-state index in [1.165, 1.54) is 7.11 Å². The molecule has 46 valence electrons. The molecule has 0 fully saturated rings. The van der Waals surface area contributed by atoms with Crippen LogP contribution in [0.1, 0.15) is 6.92 Å². The molecule has 0 heterocycles. The fourth-order valence-corrected chi connectivity index (χ4v) is 0.207. The molecule has 3 nitrogen and oxygen atoms in total. The maximum Gasteiger partial charge on any atom is 0.148 e. The zero-order chi connectivity index (χ0) is 6.41. The SMILES string of the molecule is COCOC(C)C#N. The summed E-state index contributed by atoms with van der Waals surface area (Å²) in [5.74, 6) is 0. The van der Waals surface area contributed by atoms with E-state index in [1.54, 1.807) is 6.92 Å². The molecular weight excluding hydrogens is 106 g/mol.